The molecule has 0 saturated carbocycles. The number of piperidine rings is 1. The zero-order valence-corrected chi connectivity index (χ0v) is 21.0. The minimum Gasteiger partial charge on any atom is -0.348 e. The zero-order valence-electron chi connectivity index (χ0n) is 19.3. The number of carbonyl (C=O) groups excluding carboxylic acids is 1. The molecule has 0 atom stereocenters. The molecule has 1 aromatic carbocycles. The highest BCUT2D eigenvalue weighted by molar-refractivity contribution is 7.18. The van der Waals surface area contributed by atoms with Gasteiger partial charge in [0.05, 0.1) is 21.5 Å². The van der Waals surface area contributed by atoms with Gasteiger partial charge in [-0.15, -0.1) is 11.3 Å². The monoisotopic (exact) mass is 489 g/mol. The van der Waals surface area contributed by atoms with Gasteiger partial charge in [-0.2, -0.15) is 5.10 Å². The average Bonchev–Trinajstić information content (AvgIpc) is 3.59. The summed E-state index contributed by atoms with van der Waals surface area (Å²) < 4.78 is 2.08. The topological polar surface area (TPSA) is 62.5 Å². The van der Waals surface area contributed by atoms with Gasteiger partial charge >= 0.3 is 0 Å². The van der Waals surface area contributed by atoms with E-state index in [4.69, 9.17) is 4.98 Å². The van der Waals surface area contributed by atoms with E-state index in [1.165, 1.54) is 19.3 Å². The lowest BCUT2D eigenvalue weighted by atomic mass is 10.1. The summed E-state index contributed by atoms with van der Waals surface area (Å²) in [5.41, 5.74) is 7.21. The molecule has 0 bridgehead atoms. The Labute approximate surface area is 207 Å². The van der Waals surface area contributed by atoms with E-state index in [-0.39, 0.29) is 5.91 Å². The van der Waals surface area contributed by atoms with E-state index in [0.29, 0.717) is 5.56 Å². The number of nitrogens with zero attached hydrogens (tertiary/aromatic N) is 4. The third kappa shape index (κ3) is 4.56. The molecule has 6 nitrogen and oxygen atoms in total. The van der Waals surface area contributed by atoms with Crippen molar-refractivity contribution in [1.82, 2.24) is 15.0 Å². The van der Waals surface area contributed by atoms with Gasteiger partial charge in [0.25, 0.3) is 5.91 Å². The Hall–Kier alpha value is -3.23. The number of thiophene rings is 1. The van der Waals surface area contributed by atoms with Gasteiger partial charge in [0.2, 0.25) is 0 Å². The van der Waals surface area contributed by atoms with Crippen molar-refractivity contribution in [2.24, 2.45) is 5.10 Å². The van der Waals surface area contributed by atoms with E-state index in [1.54, 1.807) is 28.9 Å². The molecule has 1 N–H and O–H groups in total. The Kier molecular flexibility index (Phi) is 6.60. The van der Waals surface area contributed by atoms with Gasteiger partial charge in [0, 0.05) is 30.2 Å². The van der Waals surface area contributed by atoms with Gasteiger partial charge in [-0.25, -0.2) is 10.4 Å². The van der Waals surface area contributed by atoms with Gasteiger partial charge in [-0.3, -0.25) is 4.79 Å². The lowest BCUT2D eigenvalue weighted by molar-refractivity contribution is 0.0954. The first-order valence-electron chi connectivity index (χ1n) is 11.5. The molecule has 0 radical (unpaired) electrons. The lowest BCUT2D eigenvalue weighted by Crippen LogP contribution is -2.29. The molecule has 5 rings (SSSR count). The van der Waals surface area contributed by atoms with Crippen molar-refractivity contribution in [3.05, 3.63) is 75.7 Å². The quantitative estimate of drug-likeness (QED) is 0.266. The predicted octanol–water partition coefficient (Wildman–Crippen LogP) is 6.03. The molecule has 1 aliphatic heterocycles. The second kappa shape index (κ2) is 9.95. The highest BCUT2D eigenvalue weighted by Crippen LogP contribution is 2.35. The number of hydrogen-bond acceptors (Lipinski definition) is 6. The summed E-state index contributed by atoms with van der Waals surface area (Å²) >= 11 is 3.30. The van der Waals surface area contributed by atoms with Crippen LogP contribution in [0.3, 0.4) is 0 Å². The number of benzene rings is 1. The van der Waals surface area contributed by atoms with Gasteiger partial charge in [0.1, 0.15) is 5.69 Å². The van der Waals surface area contributed by atoms with E-state index in [1.807, 2.05) is 56.3 Å². The van der Waals surface area contributed by atoms with Crippen LogP contribution in [0.2, 0.25) is 0 Å². The molecule has 4 heterocycles. The van der Waals surface area contributed by atoms with Crippen LogP contribution in [0.1, 0.15) is 45.9 Å². The average molecular weight is 490 g/mol. The Balaban J connectivity index is 1.37. The fourth-order valence-electron chi connectivity index (χ4n) is 4.39. The van der Waals surface area contributed by atoms with Crippen molar-refractivity contribution in [3.8, 4) is 16.3 Å². The number of para-hydroxylation sites is 1. The second-order valence-electron chi connectivity index (χ2n) is 8.39. The van der Waals surface area contributed by atoms with Crippen molar-refractivity contribution in [3.63, 3.8) is 0 Å². The standard InChI is InChI=1S/C26H27N5OS2/c1-18-16-21(19(2)31(18)20-10-5-3-6-11-20)25(32)29-27-17-23-24(22-12-9-15-33-22)28-26(34-23)30-13-7-4-8-14-30/h3,5-6,9-12,15-17H,4,7-8,13-14H2,1-2H3,(H,29,32)/b27-17-. The molecular weight excluding hydrogens is 462 g/mol. The maximum atomic E-state index is 13.0. The van der Waals surface area contributed by atoms with Crippen LogP contribution in [0.4, 0.5) is 5.13 Å². The summed E-state index contributed by atoms with van der Waals surface area (Å²) in [6.07, 6.45) is 5.42. The Bertz CT molecular complexity index is 1300. The fraction of sp³-hybridized carbons (Fsp3) is 0.269. The van der Waals surface area contributed by atoms with Crippen molar-refractivity contribution in [1.29, 1.82) is 0 Å². The summed E-state index contributed by atoms with van der Waals surface area (Å²) in [6, 6.07) is 16.1. The van der Waals surface area contributed by atoms with Crippen LogP contribution in [-0.4, -0.2) is 34.8 Å². The number of carbonyl (C=O) groups is 1. The predicted molar refractivity (Wildman–Crippen MR) is 142 cm³/mol. The number of aryl methyl sites for hydroxylation is 1. The number of hydrogen-bond donors (Lipinski definition) is 1. The summed E-state index contributed by atoms with van der Waals surface area (Å²) in [5.74, 6) is -0.218. The summed E-state index contributed by atoms with van der Waals surface area (Å²) in [4.78, 5) is 22.3. The van der Waals surface area contributed by atoms with Crippen LogP contribution < -0.4 is 10.3 Å². The number of hydrazone groups is 1. The maximum absolute atomic E-state index is 13.0. The molecular formula is C26H27N5OS2. The van der Waals surface area contributed by atoms with E-state index in [2.05, 4.69) is 31.4 Å². The number of thiazole rings is 1. The molecule has 1 aliphatic rings. The number of nitrogens with one attached hydrogen (secondary N) is 1. The van der Waals surface area contributed by atoms with Crippen LogP contribution in [0.5, 0.6) is 0 Å². The first-order chi connectivity index (χ1) is 16.6. The largest absolute Gasteiger partial charge is 0.348 e. The van der Waals surface area contributed by atoms with Crippen LogP contribution in [-0.2, 0) is 0 Å². The number of rotatable bonds is 6. The van der Waals surface area contributed by atoms with Crippen molar-refractivity contribution in [2.75, 3.05) is 18.0 Å². The minimum atomic E-state index is -0.218. The highest BCUT2D eigenvalue weighted by atomic mass is 32.1. The molecule has 34 heavy (non-hydrogen) atoms. The zero-order chi connectivity index (χ0) is 23.5. The highest BCUT2D eigenvalue weighted by Gasteiger charge is 2.20. The third-order valence-electron chi connectivity index (χ3n) is 6.06. The van der Waals surface area contributed by atoms with E-state index < -0.39 is 0 Å². The van der Waals surface area contributed by atoms with Crippen molar-refractivity contribution in [2.45, 2.75) is 33.1 Å². The number of anilines is 1. The van der Waals surface area contributed by atoms with Crippen LogP contribution in [0, 0.1) is 13.8 Å². The van der Waals surface area contributed by atoms with Gasteiger partial charge in [-0.05, 0) is 62.8 Å². The first-order valence-corrected chi connectivity index (χ1v) is 13.2. The minimum absolute atomic E-state index is 0.218. The third-order valence-corrected chi connectivity index (χ3v) is 7.99. The molecule has 0 spiro atoms. The normalized spacial score (nSPS) is 14.1. The smallest absolute Gasteiger partial charge is 0.273 e. The molecule has 4 aromatic rings. The maximum Gasteiger partial charge on any atom is 0.273 e. The molecule has 0 aliphatic carbocycles. The van der Waals surface area contributed by atoms with Crippen LogP contribution >= 0.6 is 22.7 Å². The second-order valence-corrected chi connectivity index (χ2v) is 10.3. The van der Waals surface area contributed by atoms with Crippen molar-refractivity contribution >= 4 is 39.9 Å². The van der Waals surface area contributed by atoms with Gasteiger partial charge < -0.3 is 9.47 Å². The molecule has 3 aromatic heterocycles. The van der Waals surface area contributed by atoms with Crippen LogP contribution in [0.15, 0.2) is 59.0 Å². The summed E-state index contributed by atoms with van der Waals surface area (Å²) in [7, 11) is 0. The van der Waals surface area contributed by atoms with Gasteiger partial charge in [0.15, 0.2) is 5.13 Å². The number of aromatic nitrogens is 2. The molecule has 0 unspecified atom stereocenters. The van der Waals surface area contributed by atoms with Crippen molar-refractivity contribution < 1.29 is 4.79 Å². The van der Waals surface area contributed by atoms with Crippen LogP contribution in [0.25, 0.3) is 16.3 Å². The Morgan fingerprint density at radius 3 is 2.62 bits per heavy atom. The number of amides is 1. The molecule has 174 valence electrons. The molecule has 1 amide bonds. The SMILES string of the molecule is Cc1cc(C(=O)N/N=C\c2sc(N3CCCCC3)nc2-c2cccs2)c(C)n1-c1ccccc1. The lowest BCUT2D eigenvalue weighted by Gasteiger charge is -2.25. The Morgan fingerprint density at radius 2 is 1.88 bits per heavy atom. The van der Waals surface area contributed by atoms with Gasteiger partial charge in [-0.1, -0.05) is 35.6 Å². The van der Waals surface area contributed by atoms with E-state index >= 15 is 0 Å². The summed E-state index contributed by atoms with van der Waals surface area (Å²) in [5, 5.41) is 7.41. The molecule has 1 fully saturated rings. The fourth-order valence-corrected chi connectivity index (χ4v) is 6.19. The Morgan fingerprint density at radius 1 is 1.09 bits per heavy atom. The summed E-state index contributed by atoms with van der Waals surface area (Å²) in [6.45, 7) is 6.05. The van der Waals surface area contributed by atoms with E-state index in [0.717, 1.165) is 50.7 Å². The first kappa shape index (κ1) is 22.6. The molecule has 8 heteroatoms. The molecule has 1 saturated heterocycles. The van der Waals surface area contributed by atoms with E-state index in [9.17, 15) is 4.79 Å².